The van der Waals surface area contributed by atoms with Crippen LogP contribution < -0.4 is 10.1 Å². The fourth-order valence-corrected chi connectivity index (χ4v) is 3.60. The number of rotatable bonds is 4. The smallest absolute Gasteiger partial charge is 0.244 e. The molecule has 4 nitrogen and oxygen atoms in total. The molecule has 1 heterocycles. The molecule has 4 heteroatoms. The summed E-state index contributed by atoms with van der Waals surface area (Å²) >= 11 is 0. The quantitative estimate of drug-likeness (QED) is 0.629. The van der Waals surface area contributed by atoms with Crippen molar-refractivity contribution in [2.24, 2.45) is 0 Å². The summed E-state index contributed by atoms with van der Waals surface area (Å²) in [6.07, 6.45) is 10.6. The zero-order valence-electron chi connectivity index (χ0n) is 15.4. The molecular weight excluding hydrogens is 314 g/mol. The molecular formula is C21H27NO3. The molecule has 0 atom stereocenters. The van der Waals surface area contributed by atoms with Gasteiger partial charge in [-0.15, -0.1) is 0 Å². The Morgan fingerprint density at radius 1 is 1.24 bits per heavy atom. The molecule has 1 aliphatic carbocycles. The number of fused-ring (bicyclic) bond motifs is 1. The fourth-order valence-electron chi connectivity index (χ4n) is 3.60. The van der Waals surface area contributed by atoms with Crippen LogP contribution in [0.2, 0.25) is 0 Å². The number of furan rings is 1. The second kappa shape index (κ2) is 7.77. The van der Waals surface area contributed by atoms with E-state index in [1.165, 1.54) is 25.7 Å². The first kappa shape index (κ1) is 17.6. The summed E-state index contributed by atoms with van der Waals surface area (Å²) in [7, 11) is 1.64. The lowest BCUT2D eigenvalue weighted by Gasteiger charge is -2.15. The Labute approximate surface area is 149 Å². The predicted molar refractivity (Wildman–Crippen MR) is 101 cm³/mol. The molecule has 0 unspecified atom stereocenters. The molecule has 2 aromatic rings. The van der Waals surface area contributed by atoms with E-state index in [2.05, 4.69) is 5.32 Å². The summed E-state index contributed by atoms with van der Waals surface area (Å²) in [6.45, 7) is 3.96. The molecule has 1 aliphatic rings. The minimum atomic E-state index is -0.0181. The molecule has 1 aromatic carbocycles. The average Bonchev–Trinajstić information content (AvgIpc) is 2.79. The molecule has 1 saturated carbocycles. The third-order valence-corrected chi connectivity index (χ3v) is 5.06. The molecule has 1 N–H and O–H groups in total. The first-order valence-electron chi connectivity index (χ1n) is 9.13. The Morgan fingerprint density at radius 3 is 2.64 bits per heavy atom. The van der Waals surface area contributed by atoms with Crippen molar-refractivity contribution >= 4 is 22.4 Å². The second-order valence-corrected chi connectivity index (χ2v) is 6.99. The molecule has 1 fully saturated rings. The number of ether oxygens (including phenoxy) is 1. The maximum atomic E-state index is 12.4. The molecule has 0 bridgehead atoms. The van der Waals surface area contributed by atoms with E-state index < -0.39 is 0 Å². The zero-order chi connectivity index (χ0) is 17.8. The predicted octanol–water partition coefficient (Wildman–Crippen LogP) is 4.99. The highest BCUT2D eigenvalue weighted by atomic mass is 16.5. The summed E-state index contributed by atoms with van der Waals surface area (Å²) in [5, 5.41) is 4.21. The maximum Gasteiger partial charge on any atom is 0.244 e. The van der Waals surface area contributed by atoms with Crippen molar-refractivity contribution < 1.29 is 13.9 Å². The van der Waals surface area contributed by atoms with Crippen molar-refractivity contribution in [1.29, 1.82) is 0 Å². The lowest BCUT2D eigenvalue weighted by molar-refractivity contribution is -0.117. The number of benzene rings is 1. The highest BCUT2D eigenvalue weighted by molar-refractivity contribution is 5.97. The minimum Gasteiger partial charge on any atom is -0.496 e. The first-order valence-corrected chi connectivity index (χ1v) is 9.13. The third kappa shape index (κ3) is 4.06. The Morgan fingerprint density at radius 2 is 1.96 bits per heavy atom. The summed E-state index contributed by atoms with van der Waals surface area (Å²) in [5.74, 6) is 0.702. The van der Waals surface area contributed by atoms with Crippen LogP contribution in [0.5, 0.6) is 5.75 Å². The second-order valence-electron chi connectivity index (χ2n) is 6.99. The van der Waals surface area contributed by atoms with Crippen LogP contribution >= 0.6 is 0 Å². The zero-order valence-corrected chi connectivity index (χ0v) is 15.4. The summed E-state index contributed by atoms with van der Waals surface area (Å²) in [5.41, 5.74) is 3.70. The number of hydrogen-bond donors (Lipinski definition) is 1. The lowest BCUT2D eigenvalue weighted by Crippen LogP contribution is -2.33. The number of carbonyl (C=O) groups is 1. The molecule has 0 aliphatic heterocycles. The van der Waals surface area contributed by atoms with E-state index in [0.29, 0.717) is 6.04 Å². The normalized spacial score (nSPS) is 16.7. The van der Waals surface area contributed by atoms with Gasteiger partial charge in [0, 0.05) is 29.1 Å². The van der Waals surface area contributed by atoms with Gasteiger partial charge in [-0.05, 0) is 43.9 Å². The number of carbonyl (C=O) groups excluding carboxylic acids is 1. The van der Waals surface area contributed by atoms with Crippen LogP contribution in [0.3, 0.4) is 0 Å². The SMILES string of the molecule is COc1cc2occ(C)c2cc1/C(C)=C/C(=O)NC1CCCCCC1. The van der Waals surface area contributed by atoms with Gasteiger partial charge in [0.15, 0.2) is 0 Å². The summed E-state index contributed by atoms with van der Waals surface area (Å²) < 4.78 is 11.0. The summed E-state index contributed by atoms with van der Waals surface area (Å²) in [6, 6.07) is 4.23. The average molecular weight is 341 g/mol. The van der Waals surface area contributed by atoms with E-state index in [1.807, 2.05) is 26.0 Å². The Balaban J connectivity index is 1.81. The van der Waals surface area contributed by atoms with Crippen molar-refractivity contribution in [2.75, 3.05) is 7.11 Å². The standard InChI is InChI=1S/C21H27NO3/c1-14(10-21(23)22-16-8-6-4-5-7-9-16)17-11-18-15(2)13-25-20(18)12-19(17)24-3/h10-13,16H,4-9H2,1-3H3,(H,22,23)/b14-10+. The molecule has 0 saturated heterocycles. The first-order chi connectivity index (χ1) is 12.1. The lowest BCUT2D eigenvalue weighted by atomic mass is 10.0. The molecule has 3 rings (SSSR count). The van der Waals surface area contributed by atoms with E-state index in [9.17, 15) is 4.79 Å². The highest BCUT2D eigenvalue weighted by Crippen LogP contribution is 2.33. The van der Waals surface area contributed by atoms with Gasteiger partial charge in [0.25, 0.3) is 0 Å². The molecule has 1 amide bonds. The van der Waals surface area contributed by atoms with Gasteiger partial charge < -0.3 is 14.5 Å². The highest BCUT2D eigenvalue weighted by Gasteiger charge is 2.15. The summed E-state index contributed by atoms with van der Waals surface area (Å²) in [4.78, 5) is 12.4. The van der Waals surface area contributed by atoms with E-state index in [1.54, 1.807) is 19.4 Å². The van der Waals surface area contributed by atoms with Gasteiger partial charge in [-0.2, -0.15) is 0 Å². The van der Waals surface area contributed by atoms with Gasteiger partial charge in [-0.1, -0.05) is 25.7 Å². The molecule has 1 aromatic heterocycles. The van der Waals surface area contributed by atoms with E-state index in [-0.39, 0.29) is 5.91 Å². The Hall–Kier alpha value is -2.23. The van der Waals surface area contributed by atoms with Crippen LogP contribution in [0.15, 0.2) is 28.9 Å². The number of hydrogen-bond acceptors (Lipinski definition) is 3. The number of aryl methyl sites for hydroxylation is 1. The number of allylic oxidation sites excluding steroid dienone is 1. The largest absolute Gasteiger partial charge is 0.496 e. The van der Waals surface area contributed by atoms with Gasteiger partial charge >= 0.3 is 0 Å². The Kier molecular flexibility index (Phi) is 5.47. The fraction of sp³-hybridized carbons (Fsp3) is 0.476. The monoisotopic (exact) mass is 341 g/mol. The van der Waals surface area contributed by atoms with Crippen molar-refractivity contribution in [3.63, 3.8) is 0 Å². The van der Waals surface area contributed by atoms with Crippen molar-refractivity contribution in [1.82, 2.24) is 5.32 Å². The topological polar surface area (TPSA) is 51.5 Å². The van der Waals surface area contributed by atoms with Crippen molar-refractivity contribution in [3.05, 3.63) is 35.6 Å². The maximum absolute atomic E-state index is 12.4. The van der Waals surface area contributed by atoms with E-state index in [0.717, 1.165) is 46.3 Å². The van der Waals surface area contributed by atoms with Crippen molar-refractivity contribution in [3.8, 4) is 5.75 Å². The van der Waals surface area contributed by atoms with Gasteiger partial charge in [-0.3, -0.25) is 4.79 Å². The van der Waals surface area contributed by atoms with Gasteiger partial charge in [-0.25, -0.2) is 0 Å². The van der Waals surface area contributed by atoms with Crippen LogP contribution in [-0.2, 0) is 4.79 Å². The number of nitrogens with one attached hydrogen (secondary N) is 1. The van der Waals surface area contributed by atoms with Crippen LogP contribution in [0.25, 0.3) is 16.5 Å². The molecule has 0 spiro atoms. The van der Waals surface area contributed by atoms with E-state index in [4.69, 9.17) is 9.15 Å². The number of amides is 1. The minimum absolute atomic E-state index is 0.0181. The van der Waals surface area contributed by atoms with Gasteiger partial charge in [0.1, 0.15) is 11.3 Å². The van der Waals surface area contributed by atoms with Crippen LogP contribution in [0, 0.1) is 6.92 Å². The molecule has 134 valence electrons. The number of methoxy groups -OCH3 is 1. The van der Waals surface area contributed by atoms with Gasteiger partial charge in [0.05, 0.1) is 13.4 Å². The van der Waals surface area contributed by atoms with E-state index >= 15 is 0 Å². The molecule has 25 heavy (non-hydrogen) atoms. The van der Waals surface area contributed by atoms with Crippen molar-refractivity contribution in [2.45, 2.75) is 58.4 Å². The molecule has 0 radical (unpaired) electrons. The Bertz CT molecular complexity index is 780. The van der Waals surface area contributed by atoms with Crippen LogP contribution in [-0.4, -0.2) is 19.1 Å². The third-order valence-electron chi connectivity index (χ3n) is 5.06. The van der Waals surface area contributed by atoms with Crippen LogP contribution in [0.1, 0.15) is 56.6 Å². The van der Waals surface area contributed by atoms with Gasteiger partial charge in [0.2, 0.25) is 5.91 Å². The van der Waals surface area contributed by atoms with Crippen LogP contribution in [0.4, 0.5) is 0 Å².